The Hall–Kier alpha value is -2.65. The summed E-state index contributed by atoms with van der Waals surface area (Å²) in [4.78, 5) is 2.33. The highest BCUT2D eigenvalue weighted by Crippen LogP contribution is 2.40. The molecule has 0 spiro atoms. The minimum atomic E-state index is -3.85. The van der Waals surface area contributed by atoms with Crippen molar-refractivity contribution in [3.63, 3.8) is 0 Å². The standard InChI is InChI=1S/C22H30N2O6S/c1-5-29-20-15-19(24-9-11-28-12-10-24)21(30-6-2)14-18(20)23-31(25,26)22-8-7-17(27-4)13-16(22)3/h7-8,13-15,23H,5-6,9-12H2,1-4H3. The summed E-state index contributed by atoms with van der Waals surface area (Å²) in [6.45, 7) is 9.03. The molecule has 3 rings (SSSR count). The van der Waals surface area contributed by atoms with Crippen molar-refractivity contribution < 1.29 is 27.4 Å². The third-order valence-electron chi connectivity index (χ3n) is 4.93. The summed E-state index contributed by atoms with van der Waals surface area (Å²) in [6, 6.07) is 8.36. The molecule has 0 saturated carbocycles. The van der Waals surface area contributed by atoms with Crippen molar-refractivity contribution in [2.45, 2.75) is 25.7 Å². The van der Waals surface area contributed by atoms with Crippen molar-refractivity contribution in [3.05, 3.63) is 35.9 Å². The quantitative estimate of drug-likeness (QED) is 0.626. The lowest BCUT2D eigenvalue weighted by Gasteiger charge is -2.31. The summed E-state index contributed by atoms with van der Waals surface area (Å²) in [6.07, 6.45) is 0. The second-order valence-electron chi connectivity index (χ2n) is 7.02. The van der Waals surface area contributed by atoms with Crippen LogP contribution in [0.4, 0.5) is 11.4 Å². The predicted octanol–water partition coefficient (Wildman–Crippen LogP) is 3.44. The fourth-order valence-electron chi connectivity index (χ4n) is 3.48. The number of rotatable bonds is 9. The van der Waals surface area contributed by atoms with Gasteiger partial charge in [-0.15, -0.1) is 0 Å². The maximum atomic E-state index is 13.2. The lowest BCUT2D eigenvalue weighted by atomic mass is 10.2. The molecule has 1 aliphatic rings. The van der Waals surface area contributed by atoms with Crippen LogP contribution in [0.5, 0.6) is 17.2 Å². The molecule has 1 aliphatic heterocycles. The molecule has 0 unspecified atom stereocenters. The first-order chi connectivity index (χ1) is 14.9. The van der Waals surface area contributed by atoms with E-state index in [1.807, 2.05) is 19.9 Å². The Balaban J connectivity index is 2.01. The molecule has 1 saturated heterocycles. The Morgan fingerprint density at radius 1 is 1.03 bits per heavy atom. The molecule has 0 bridgehead atoms. The van der Waals surface area contributed by atoms with Crippen LogP contribution in [-0.2, 0) is 14.8 Å². The highest BCUT2D eigenvalue weighted by molar-refractivity contribution is 7.92. The van der Waals surface area contributed by atoms with Gasteiger partial charge in [-0.2, -0.15) is 0 Å². The zero-order valence-electron chi connectivity index (χ0n) is 18.4. The van der Waals surface area contributed by atoms with Gasteiger partial charge in [-0.3, -0.25) is 4.72 Å². The number of sulfonamides is 1. The largest absolute Gasteiger partial charge is 0.497 e. The van der Waals surface area contributed by atoms with E-state index >= 15 is 0 Å². The van der Waals surface area contributed by atoms with Crippen LogP contribution in [0.1, 0.15) is 19.4 Å². The SMILES string of the molecule is CCOc1cc(N2CCOCC2)c(OCC)cc1NS(=O)(=O)c1ccc(OC)cc1C. The summed E-state index contributed by atoms with van der Waals surface area (Å²) in [5.41, 5.74) is 1.77. The van der Waals surface area contributed by atoms with Crippen molar-refractivity contribution in [3.8, 4) is 17.2 Å². The van der Waals surface area contributed by atoms with Gasteiger partial charge in [0.2, 0.25) is 0 Å². The molecule has 1 fully saturated rings. The molecule has 9 heteroatoms. The minimum Gasteiger partial charge on any atom is -0.497 e. The van der Waals surface area contributed by atoms with E-state index in [0.717, 1.165) is 18.8 Å². The smallest absolute Gasteiger partial charge is 0.262 e. The Morgan fingerprint density at radius 2 is 1.71 bits per heavy atom. The third kappa shape index (κ3) is 5.34. The highest BCUT2D eigenvalue weighted by atomic mass is 32.2. The van der Waals surface area contributed by atoms with Gasteiger partial charge in [-0.05, 0) is 44.5 Å². The number of methoxy groups -OCH3 is 1. The van der Waals surface area contributed by atoms with Gasteiger partial charge in [-0.1, -0.05) is 0 Å². The number of benzene rings is 2. The zero-order chi connectivity index (χ0) is 22.4. The van der Waals surface area contributed by atoms with Crippen LogP contribution in [0.25, 0.3) is 0 Å². The molecule has 0 amide bonds. The van der Waals surface area contributed by atoms with Gasteiger partial charge < -0.3 is 23.8 Å². The van der Waals surface area contributed by atoms with E-state index in [2.05, 4.69) is 9.62 Å². The molecule has 2 aromatic rings. The predicted molar refractivity (Wildman–Crippen MR) is 120 cm³/mol. The Kier molecular flexibility index (Phi) is 7.50. The molecular weight excluding hydrogens is 420 g/mol. The van der Waals surface area contributed by atoms with Crippen LogP contribution in [0.2, 0.25) is 0 Å². The van der Waals surface area contributed by atoms with E-state index in [1.54, 1.807) is 32.2 Å². The summed E-state index contributed by atoms with van der Waals surface area (Å²) in [5.74, 6) is 1.64. The fraction of sp³-hybridized carbons (Fsp3) is 0.455. The second-order valence-corrected chi connectivity index (χ2v) is 8.67. The molecule has 1 N–H and O–H groups in total. The number of ether oxygens (including phenoxy) is 4. The Labute approximate surface area is 184 Å². The molecule has 8 nitrogen and oxygen atoms in total. The first-order valence-corrected chi connectivity index (χ1v) is 11.8. The molecule has 1 heterocycles. The van der Waals surface area contributed by atoms with Crippen molar-refractivity contribution in [2.24, 2.45) is 0 Å². The number of aryl methyl sites for hydroxylation is 1. The Morgan fingerprint density at radius 3 is 2.32 bits per heavy atom. The number of hydrogen-bond acceptors (Lipinski definition) is 7. The maximum Gasteiger partial charge on any atom is 0.262 e. The average molecular weight is 451 g/mol. The number of nitrogens with one attached hydrogen (secondary N) is 1. The van der Waals surface area contributed by atoms with Crippen molar-refractivity contribution in [1.29, 1.82) is 0 Å². The van der Waals surface area contributed by atoms with Gasteiger partial charge in [0.05, 0.1) is 49.8 Å². The molecule has 0 radical (unpaired) electrons. The molecule has 0 aliphatic carbocycles. The minimum absolute atomic E-state index is 0.172. The lowest BCUT2D eigenvalue weighted by molar-refractivity contribution is 0.122. The summed E-state index contributed by atoms with van der Waals surface area (Å²) in [7, 11) is -2.31. The number of anilines is 2. The second kappa shape index (κ2) is 10.1. The van der Waals surface area contributed by atoms with Gasteiger partial charge in [0.25, 0.3) is 10.0 Å². The van der Waals surface area contributed by atoms with E-state index < -0.39 is 10.0 Å². The lowest BCUT2D eigenvalue weighted by Crippen LogP contribution is -2.36. The van der Waals surface area contributed by atoms with E-state index in [1.165, 1.54) is 6.07 Å². The maximum absolute atomic E-state index is 13.2. The molecule has 0 atom stereocenters. The molecular formula is C22H30N2O6S. The summed E-state index contributed by atoms with van der Waals surface area (Å²) >= 11 is 0. The summed E-state index contributed by atoms with van der Waals surface area (Å²) < 4.78 is 51.3. The fourth-order valence-corrected chi connectivity index (χ4v) is 4.77. The van der Waals surface area contributed by atoms with Crippen LogP contribution in [-0.4, -0.2) is 55.0 Å². The number of hydrogen-bond donors (Lipinski definition) is 1. The van der Waals surface area contributed by atoms with E-state index in [9.17, 15) is 8.42 Å². The van der Waals surface area contributed by atoms with Crippen LogP contribution >= 0.6 is 0 Å². The van der Waals surface area contributed by atoms with Crippen LogP contribution in [0.15, 0.2) is 35.2 Å². The number of morpholine rings is 1. The van der Waals surface area contributed by atoms with Gasteiger partial charge in [-0.25, -0.2) is 8.42 Å². The molecule has 170 valence electrons. The first kappa shape index (κ1) is 23.0. The number of nitrogens with zero attached hydrogens (tertiary/aromatic N) is 1. The summed E-state index contributed by atoms with van der Waals surface area (Å²) in [5, 5.41) is 0. The normalized spacial score (nSPS) is 14.3. The van der Waals surface area contributed by atoms with Gasteiger partial charge in [0, 0.05) is 25.2 Å². The first-order valence-electron chi connectivity index (χ1n) is 10.3. The van der Waals surface area contributed by atoms with E-state index in [4.69, 9.17) is 18.9 Å². The van der Waals surface area contributed by atoms with Crippen molar-refractivity contribution >= 4 is 21.4 Å². The Bertz CT molecular complexity index is 1000. The third-order valence-corrected chi connectivity index (χ3v) is 6.45. The zero-order valence-corrected chi connectivity index (χ0v) is 19.3. The molecule has 0 aromatic heterocycles. The van der Waals surface area contributed by atoms with Crippen LogP contribution < -0.4 is 23.8 Å². The molecule has 31 heavy (non-hydrogen) atoms. The van der Waals surface area contributed by atoms with Crippen molar-refractivity contribution in [1.82, 2.24) is 0 Å². The van der Waals surface area contributed by atoms with Gasteiger partial charge >= 0.3 is 0 Å². The highest BCUT2D eigenvalue weighted by Gasteiger charge is 2.23. The monoisotopic (exact) mass is 450 g/mol. The van der Waals surface area contributed by atoms with Crippen LogP contribution in [0.3, 0.4) is 0 Å². The average Bonchev–Trinajstić information content (AvgIpc) is 2.75. The van der Waals surface area contributed by atoms with Crippen molar-refractivity contribution in [2.75, 3.05) is 56.2 Å². The van der Waals surface area contributed by atoms with Gasteiger partial charge in [0.15, 0.2) is 0 Å². The molecule has 2 aromatic carbocycles. The van der Waals surface area contributed by atoms with E-state index in [-0.39, 0.29) is 4.90 Å². The van der Waals surface area contributed by atoms with E-state index in [0.29, 0.717) is 54.9 Å². The topological polar surface area (TPSA) is 86.3 Å². The van der Waals surface area contributed by atoms with Gasteiger partial charge in [0.1, 0.15) is 17.2 Å². The van der Waals surface area contributed by atoms with Crippen LogP contribution in [0, 0.1) is 6.92 Å².